The third kappa shape index (κ3) is 2.85. The zero-order chi connectivity index (χ0) is 10.6. The van der Waals surface area contributed by atoms with Crippen molar-refractivity contribution in [2.45, 2.75) is 11.9 Å². The Morgan fingerprint density at radius 1 is 1.64 bits per heavy atom. The van der Waals surface area contributed by atoms with Crippen LogP contribution in [-0.4, -0.2) is 28.8 Å². The third-order valence-corrected chi connectivity index (χ3v) is 2.32. The van der Waals surface area contributed by atoms with E-state index in [1.54, 1.807) is 6.07 Å². The maximum absolute atomic E-state index is 11.1. The molecule has 0 radical (unpaired) electrons. The van der Waals surface area contributed by atoms with E-state index in [9.17, 15) is 4.79 Å². The van der Waals surface area contributed by atoms with Gasteiger partial charge in [-0.25, -0.2) is 14.8 Å². The van der Waals surface area contributed by atoms with Crippen LogP contribution in [0.3, 0.4) is 0 Å². The Balaban J connectivity index is 3.00. The van der Waals surface area contributed by atoms with Gasteiger partial charge in [0.1, 0.15) is 10.2 Å². The van der Waals surface area contributed by atoms with Gasteiger partial charge in [0.15, 0.2) is 0 Å². The molecule has 0 aliphatic carbocycles. The minimum Gasteiger partial charge on any atom is -0.463 e. The lowest BCUT2D eigenvalue weighted by atomic mass is 10.5. The smallest absolute Gasteiger partial charge is 0.376 e. The van der Waals surface area contributed by atoms with Crippen LogP contribution in [0.5, 0.6) is 0 Å². The van der Waals surface area contributed by atoms with Crippen LogP contribution in [0.4, 0.5) is 0 Å². The fourth-order valence-corrected chi connectivity index (χ4v) is 1.69. The van der Waals surface area contributed by atoms with Crippen molar-refractivity contribution in [3.05, 3.63) is 17.0 Å². The van der Waals surface area contributed by atoms with Gasteiger partial charge in [0, 0.05) is 6.07 Å². The predicted octanol–water partition coefficient (Wildman–Crippen LogP) is 2.03. The molecule has 0 saturated heterocycles. The minimum atomic E-state index is -0.578. The molecule has 4 nitrogen and oxygen atoms in total. The van der Waals surface area contributed by atoms with Gasteiger partial charge in [-0.1, -0.05) is 18.5 Å². The number of rotatable bonds is 3. The van der Waals surface area contributed by atoms with Crippen LogP contribution >= 0.6 is 23.4 Å². The van der Waals surface area contributed by atoms with Crippen LogP contribution < -0.4 is 0 Å². The summed E-state index contributed by atoms with van der Waals surface area (Å²) in [4.78, 5) is 18.8. The van der Waals surface area contributed by atoms with Crippen molar-refractivity contribution < 1.29 is 9.53 Å². The molecule has 1 rings (SSSR count). The highest BCUT2D eigenvalue weighted by atomic mass is 35.5. The predicted molar refractivity (Wildman–Crippen MR) is 54.8 cm³/mol. The van der Waals surface area contributed by atoms with E-state index in [4.69, 9.17) is 11.6 Å². The second-order valence-corrected chi connectivity index (χ2v) is 3.95. The molecular formula is C8H9ClN2O2S. The summed E-state index contributed by atoms with van der Waals surface area (Å²) in [6, 6.07) is 1.61. The molecule has 76 valence electrons. The second kappa shape index (κ2) is 5.17. The zero-order valence-corrected chi connectivity index (χ0v) is 9.35. The van der Waals surface area contributed by atoms with Gasteiger partial charge in [0.25, 0.3) is 0 Å². The van der Waals surface area contributed by atoms with Crippen LogP contribution in [0.2, 0.25) is 5.15 Å². The Morgan fingerprint density at radius 3 is 2.93 bits per heavy atom. The molecule has 0 spiro atoms. The van der Waals surface area contributed by atoms with Crippen LogP contribution in [0.1, 0.15) is 17.5 Å². The number of carbonyl (C=O) groups excluding carboxylic acids is 1. The van der Waals surface area contributed by atoms with Crippen molar-refractivity contribution in [3.8, 4) is 0 Å². The number of ether oxygens (including phenoxy) is 1. The number of hydrogen-bond donors (Lipinski definition) is 0. The number of halogens is 1. The average Bonchev–Trinajstić information content (AvgIpc) is 2.16. The van der Waals surface area contributed by atoms with Gasteiger partial charge >= 0.3 is 5.97 Å². The Labute approximate surface area is 91.0 Å². The number of hydrogen-bond acceptors (Lipinski definition) is 5. The quantitative estimate of drug-likeness (QED) is 0.454. The summed E-state index contributed by atoms with van der Waals surface area (Å²) < 4.78 is 4.49. The van der Waals surface area contributed by atoms with E-state index in [1.165, 1.54) is 18.9 Å². The van der Waals surface area contributed by atoms with Gasteiger partial charge in [-0.15, -0.1) is 11.8 Å². The van der Waals surface area contributed by atoms with Crippen molar-refractivity contribution in [1.29, 1.82) is 0 Å². The fourth-order valence-electron chi connectivity index (χ4n) is 0.801. The Kier molecular flexibility index (Phi) is 4.16. The maximum Gasteiger partial charge on any atom is 0.376 e. The molecule has 0 aliphatic rings. The molecule has 0 aliphatic heterocycles. The normalized spacial score (nSPS) is 9.93. The molecule has 0 saturated carbocycles. The van der Waals surface area contributed by atoms with Crippen LogP contribution in [0.25, 0.3) is 0 Å². The molecule has 0 unspecified atom stereocenters. The zero-order valence-electron chi connectivity index (χ0n) is 7.78. The van der Waals surface area contributed by atoms with Crippen molar-refractivity contribution in [2.24, 2.45) is 0 Å². The van der Waals surface area contributed by atoms with E-state index >= 15 is 0 Å². The first kappa shape index (κ1) is 11.3. The summed E-state index contributed by atoms with van der Waals surface area (Å²) in [7, 11) is 1.28. The second-order valence-electron chi connectivity index (χ2n) is 2.28. The number of carbonyl (C=O) groups is 1. The SMILES string of the molecule is CCSc1cc(Cl)nc(C(=O)OC)n1. The lowest BCUT2D eigenvalue weighted by Crippen LogP contribution is -2.07. The summed E-state index contributed by atoms with van der Waals surface area (Å²) in [5, 5.41) is 0.921. The molecule has 0 amide bonds. The van der Waals surface area contributed by atoms with Crippen molar-refractivity contribution in [3.63, 3.8) is 0 Å². The molecule has 0 aromatic carbocycles. The monoisotopic (exact) mass is 232 g/mol. The molecular weight excluding hydrogens is 224 g/mol. The lowest BCUT2D eigenvalue weighted by Gasteiger charge is -2.01. The minimum absolute atomic E-state index is 0.00375. The molecule has 1 aromatic rings. The first-order valence-corrected chi connectivity index (χ1v) is 5.29. The van der Waals surface area contributed by atoms with Gasteiger partial charge in [-0.05, 0) is 5.75 Å². The molecule has 0 bridgehead atoms. The first-order valence-electron chi connectivity index (χ1n) is 3.93. The maximum atomic E-state index is 11.1. The summed E-state index contributed by atoms with van der Waals surface area (Å²) in [5.74, 6) is 0.273. The van der Waals surface area contributed by atoms with Crippen molar-refractivity contribution in [2.75, 3.05) is 12.9 Å². The van der Waals surface area contributed by atoms with Gasteiger partial charge < -0.3 is 4.74 Å². The van der Waals surface area contributed by atoms with Gasteiger partial charge in [0.2, 0.25) is 5.82 Å². The third-order valence-electron chi connectivity index (χ3n) is 1.33. The number of nitrogens with zero attached hydrogens (tertiary/aromatic N) is 2. The van der Waals surface area contributed by atoms with Gasteiger partial charge in [-0.3, -0.25) is 0 Å². The first-order chi connectivity index (χ1) is 6.67. The number of esters is 1. The lowest BCUT2D eigenvalue weighted by molar-refractivity contribution is 0.0585. The Hall–Kier alpha value is -0.810. The average molecular weight is 233 g/mol. The molecule has 1 heterocycles. The summed E-state index contributed by atoms with van der Waals surface area (Å²) in [6.07, 6.45) is 0. The molecule has 0 atom stereocenters. The standard InChI is InChI=1S/C8H9ClN2O2S/c1-3-14-6-4-5(9)10-7(11-6)8(12)13-2/h4H,3H2,1-2H3. The van der Waals surface area contributed by atoms with E-state index < -0.39 is 5.97 Å². The molecule has 14 heavy (non-hydrogen) atoms. The van der Waals surface area contributed by atoms with E-state index in [2.05, 4.69) is 14.7 Å². The number of aromatic nitrogens is 2. The van der Waals surface area contributed by atoms with Crippen LogP contribution in [-0.2, 0) is 4.74 Å². The van der Waals surface area contributed by atoms with Crippen molar-refractivity contribution in [1.82, 2.24) is 9.97 Å². The number of thioether (sulfide) groups is 1. The highest BCUT2D eigenvalue weighted by Gasteiger charge is 2.11. The van der Waals surface area contributed by atoms with E-state index in [-0.39, 0.29) is 11.0 Å². The van der Waals surface area contributed by atoms with E-state index in [0.717, 1.165) is 5.75 Å². The molecule has 0 N–H and O–H groups in total. The van der Waals surface area contributed by atoms with E-state index in [0.29, 0.717) is 5.03 Å². The van der Waals surface area contributed by atoms with Gasteiger partial charge in [0.05, 0.1) is 7.11 Å². The van der Waals surface area contributed by atoms with E-state index in [1.807, 2.05) is 6.92 Å². The van der Waals surface area contributed by atoms with Crippen LogP contribution in [0, 0.1) is 0 Å². The highest BCUT2D eigenvalue weighted by Crippen LogP contribution is 2.18. The highest BCUT2D eigenvalue weighted by molar-refractivity contribution is 7.99. The van der Waals surface area contributed by atoms with Crippen molar-refractivity contribution >= 4 is 29.3 Å². The fraction of sp³-hybridized carbons (Fsp3) is 0.375. The van der Waals surface area contributed by atoms with Crippen LogP contribution in [0.15, 0.2) is 11.1 Å². The molecule has 0 fully saturated rings. The molecule has 1 aromatic heterocycles. The topological polar surface area (TPSA) is 52.1 Å². The number of methoxy groups -OCH3 is 1. The van der Waals surface area contributed by atoms with Gasteiger partial charge in [-0.2, -0.15) is 0 Å². The largest absolute Gasteiger partial charge is 0.463 e. The summed E-state index contributed by atoms with van der Waals surface area (Å²) >= 11 is 7.20. The summed E-state index contributed by atoms with van der Waals surface area (Å²) in [5.41, 5.74) is 0. The summed E-state index contributed by atoms with van der Waals surface area (Å²) in [6.45, 7) is 1.98. The Bertz CT molecular complexity index is 346. The molecule has 6 heteroatoms. The Morgan fingerprint density at radius 2 is 2.36 bits per heavy atom.